The van der Waals surface area contributed by atoms with E-state index < -0.39 is 0 Å². The summed E-state index contributed by atoms with van der Waals surface area (Å²) in [6.45, 7) is 5.93. The van der Waals surface area contributed by atoms with E-state index in [1.165, 1.54) is 12.7 Å². The number of nitrogens with zero attached hydrogens (tertiary/aromatic N) is 7. The van der Waals surface area contributed by atoms with Crippen molar-refractivity contribution in [3.8, 4) is 11.5 Å². The molecule has 5 aromatic rings. The zero-order valence-electron chi connectivity index (χ0n) is 19.3. The van der Waals surface area contributed by atoms with Gasteiger partial charge in [-0.15, -0.1) is 0 Å². The molecule has 5 heterocycles. The van der Waals surface area contributed by atoms with Gasteiger partial charge in [-0.1, -0.05) is 6.58 Å². The fourth-order valence-electron chi connectivity index (χ4n) is 4.72. The molecule has 10 heteroatoms. The molecule has 176 valence electrons. The van der Waals surface area contributed by atoms with Crippen LogP contribution in [0.15, 0.2) is 73.6 Å². The van der Waals surface area contributed by atoms with Gasteiger partial charge in [0.1, 0.15) is 35.8 Å². The number of carbonyl (C=O) groups excluding carboxylic acids is 1. The summed E-state index contributed by atoms with van der Waals surface area (Å²) in [6.07, 6.45) is 7.43. The van der Waals surface area contributed by atoms with Crippen molar-refractivity contribution in [3.63, 3.8) is 0 Å². The SMILES string of the molecule is C=C1C(=O)N(c2cc3c(Nc4ccc(Oc5ccn6ncnc6c5)c(C)c4)ncnc3cn2)C2CC12. The lowest BCUT2D eigenvalue weighted by atomic mass is 10.2. The Morgan fingerprint density at radius 3 is 2.83 bits per heavy atom. The number of benzene rings is 1. The van der Waals surface area contributed by atoms with Crippen LogP contribution in [0.5, 0.6) is 11.5 Å². The molecule has 0 bridgehead atoms. The summed E-state index contributed by atoms with van der Waals surface area (Å²) >= 11 is 0. The van der Waals surface area contributed by atoms with Crippen molar-refractivity contribution in [3.05, 3.63) is 79.2 Å². The highest BCUT2D eigenvalue weighted by atomic mass is 16.5. The van der Waals surface area contributed by atoms with E-state index in [0.29, 0.717) is 34.1 Å². The smallest absolute Gasteiger partial charge is 0.255 e. The van der Waals surface area contributed by atoms with E-state index in [4.69, 9.17) is 4.74 Å². The van der Waals surface area contributed by atoms with Gasteiger partial charge in [-0.3, -0.25) is 9.69 Å². The van der Waals surface area contributed by atoms with Crippen LogP contribution in [0, 0.1) is 12.8 Å². The van der Waals surface area contributed by atoms with Crippen molar-refractivity contribution < 1.29 is 9.53 Å². The molecule has 1 aliphatic heterocycles. The zero-order valence-corrected chi connectivity index (χ0v) is 19.3. The fourth-order valence-corrected chi connectivity index (χ4v) is 4.72. The molecular weight excluding hydrogens is 456 g/mol. The van der Waals surface area contributed by atoms with Crippen LogP contribution in [0.25, 0.3) is 16.6 Å². The summed E-state index contributed by atoms with van der Waals surface area (Å²) in [5.74, 6) is 2.84. The van der Waals surface area contributed by atoms with Gasteiger partial charge in [-0.25, -0.2) is 24.5 Å². The predicted molar refractivity (Wildman–Crippen MR) is 133 cm³/mol. The molecule has 36 heavy (non-hydrogen) atoms. The minimum absolute atomic E-state index is 0.0520. The molecule has 1 amide bonds. The maximum absolute atomic E-state index is 12.6. The Morgan fingerprint density at radius 2 is 2.00 bits per heavy atom. The number of rotatable bonds is 5. The summed E-state index contributed by atoms with van der Waals surface area (Å²) in [4.78, 5) is 31.9. The summed E-state index contributed by atoms with van der Waals surface area (Å²) in [5, 5.41) is 8.27. The van der Waals surface area contributed by atoms with Crippen molar-refractivity contribution in [1.29, 1.82) is 0 Å². The van der Waals surface area contributed by atoms with E-state index in [0.717, 1.165) is 28.8 Å². The van der Waals surface area contributed by atoms with Gasteiger partial charge in [-0.2, -0.15) is 5.10 Å². The highest BCUT2D eigenvalue weighted by Gasteiger charge is 2.55. The number of fused-ring (bicyclic) bond motifs is 3. The van der Waals surface area contributed by atoms with Crippen LogP contribution >= 0.6 is 0 Å². The van der Waals surface area contributed by atoms with Crippen molar-refractivity contribution >= 4 is 39.8 Å². The number of piperidine rings is 1. The molecule has 1 aromatic carbocycles. The average Bonchev–Trinajstić information content (AvgIpc) is 3.44. The number of hydrogen-bond acceptors (Lipinski definition) is 8. The van der Waals surface area contributed by atoms with Gasteiger partial charge >= 0.3 is 0 Å². The van der Waals surface area contributed by atoms with E-state index in [-0.39, 0.29) is 17.9 Å². The lowest BCUT2D eigenvalue weighted by Gasteiger charge is -2.18. The molecular formula is C26H20N8O2. The van der Waals surface area contributed by atoms with Crippen LogP contribution in [0.4, 0.5) is 17.3 Å². The van der Waals surface area contributed by atoms with E-state index >= 15 is 0 Å². The van der Waals surface area contributed by atoms with E-state index in [2.05, 4.69) is 36.9 Å². The van der Waals surface area contributed by atoms with Gasteiger partial charge in [0.15, 0.2) is 5.65 Å². The standard InChI is InChI=1S/C26H20N8O2/c1-14-7-16(3-4-22(14)36-17-5-6-33-23(8-17)29-13-31-33)32-25-19-10-24(27-11-20(19)28-12-30-25)34-21-9-18(21)15(2)26(34)35/h3-8,10-13,18,21H,2,9H2,1H3,(H,28,30,32). The van der Waals surface area contributed by atoms with Crippen LogP contribution in [-0.2, 0) is 4.79 Å². The molecule has 1 saturated carbocycles. The Labute approximate surface area is 205 Å². The summed E-state index contributed by atoms with van der Waals surface area (Å²) in [5.41, 5.74) is 3.87. The normalized spacial score (nSPS) is 18.6. The monoisotopic (exact) mass is 476 g/mol. The van der Waals surface area contributed by atoms with Gasteiger partial charge in [0.25, 0.3) is 5.91 Å². The molecule has 2 fully saturated rings. The number of ether oxygens (including phenoxy) is 1. The van der Waals surface area contributed by atoms with Crippen molar-refractivity contribution in [1.82, 2.24) is 29.5 Å². The van der Waals surface area contributed by atoms with Crippen molar-refractivity contribution in [2.45, 2.75) is 19.4 Å². The Bertz CT molecular complexity index is 1710. The van der Waals surface area contributed by atoms with Crippen molar-refractivity contribution in [2.24, 2.45) is 5.92 Å². The number of nitrogens with one attached hydrogen (secondary N) is 1. The Hall–Kier alpha value is -4.86. The fraction of sp³-hybridized carbons (Fsp3) is 0.154. The Morgan fingerprint density at radius 1 is 1.08 bits per heavy atom. The lowest BCUT2D eigenvalue weighted by molar-refractivity contribution is -0.114. The van der Waals surface area contributed by atoms with Gasteiger partial charge in [0.2, 0.25) is 0 Å². The van der Waals surface area contributed by atoms with Crippen LogP contribution < -0.4 is 15.0 Å². The highest BCUT2D eigenvalue weighted by Crippen LogP contribution is 2.49. The number of amides is 1. The molecule has 2 atom stereocenters. The minimum atomic E-state index is -0.0520. The number of carbonyl (C=O) groups is 1. The topological polar surface area (TPSA) is 110 Å². The second-order valence-electron chi connectivity index (χ2n) is 9.02. The van der Waals surface area contributed by atoms with Gasteiger partial charge in [0, 0.05) is 40.9 Å². The second kappa shape index (κ2) is 7.57. The molecule has 4 aromatic heterocycles. The molecule has 2 unspecified atom stereocenters. The van der Waals surface area contributed by atoms with Crippen LogP contribution in [0.1, 0.15) is 12.0 Å². The second-order valence-corrected chi connectivity index (χ2v) is 9.02. The maximum atomic E-state index is 12.6. The molecule has 1 saturated heterocycles. The first-order chi connectivity index (χ1) is 17.5. The third kappa shape index (κ3) is 3.26. The van der Waals surface area contributed by atoms with E-state index in [1.54, 1.807) is 21.8 Å². The van der Waals surface area contributed by atoms with Gasteiger partial charge in [-0.05, 0) is 49.2 Å². The zero-order chi connectivity index (χ0) is 24.4. The molecule has 10 nitrogen and oxygen atoms in total. The molecule has 7 rings (SSSR count). The van der Waals surface area contributed by atoms with E-state index in [1.807, 2.05) is 43.3 Å². The van der Waals surface area contributed by atoms with Crippen LogP contribution in [0.2, 0.25) is 0 Å². The summed E-state index contributed by atoms with van der Waals surface area (Å²) in [7, 11) is 0. The largest absolute Gasteiger partial charge is 0.457 e. The van der Waals surface area contributed by atoms with Gasteiger partial charge < -0.3 is 10.1 Å². The van der Waals surface area contributed by atoms with Crippen LogP contribution in [0.3, 0.4) is 0 Å². The molecule has 0 radical (unpaired) electrons. The first kappa shape index (κ1) is 20.5. The van der Waals surface area contributed by atoms with E-state index in [9.17, 15) is 4.79 Å². The quantitative estimate of drug-likeness (QED) is 0.376. The third-order valence-electron chi connectivity index (χ3n) is 6.70. The Kier molecular flexibility index (Phi) is 4.31. The average molecular weight is 477 g/mol. The third-order valence-corrected chi connectivity index (χ3v) is 6.70. The highest BCUT2D eigenvalue weighted by molar-refractivity contribution is 6.11. The van der Waals surface area contributed by atoms with Crippen molar-refractivity contribution in [2.75, 3.05) is 10.2 Å². The summed E-state index contributed by atoms with van der Waals surface area (Å²) in [6, 6.07) is 11.5. The first-order valence-electron chi connectivity index (χ1n) is 11.5. The number of aryl methyl sites for hydroxylation is 1. The maximum Gasteiger partial charge on any atom is 0.255 e. The molecule has 2 aliphatic rings. The number of pyridine rings is 2. The van der Waals surface area contributed by atoms with Crippen LogP contribution in [-0.4, -0.2) is 41.5 Å². The Balaban J connectivity index is 1.17. The number of aromatic nitrogens is 6. The molecule has 1 N–H and O–H groups in total. The first-order valence-corrected chi connectivity index (χ1v) is 11.5. The predicted octanol–water partition coefficient (Wildman–Crippen LogP) is 4.20. The van der Waals surface area contributed by atoms with Gasteiger partial charge in [0.05, 0.1) is 11.7 Å². The number of hydrogen-bond donors (Lipinski definition) is 1. The minimum Gasteiger partial charge on any atom is -0.457 e. The molecule has 0 spiro atoms. The lowest BCUT2D eigenvalue weighted by Crippen LogP contribution is -2.29. The number of anilines is 3. The summed E-state index contributed by atoms with van der Waals surface area (Å²) < 4.78 is 7.76. The molecule has 1 aliphatic carbocycles.